The molecule has 0 bridgehead atoms. The fourth-order valence-electron chi connectivity index (χ4n) is 1.63. The van der Waals surface area contributed by atoms with Gasteiger partial charge >= 0.3 is 0 Å². The fraction of sp³-hybridized carbons (Fsp3) is 0.500. The normalized spacial score (nSPS) is 14.1. The second-order valence-electron chi connectivity index (χ2n) is 4.68. The van der Waals surface area contributed by atoms with Gasteiger partial charge in [0.05, 0.1) is 5.54 Å². The molecule has 5 heteroatoms. The second-order valence-corrected chi connectivity index (χ2v) is 6.28. The van der Waals surface area contributed by atoms with E-state index in [0.717, 1.165) is 28.6 Å². The summed E-state index contributed by atoms with van der Waals surface area (Å²) >= 11 is 7.61. The molecule has 0 fully saturated rings. The minimum Gasteiger partial charge on any atom is -0.368 e. The Labute approximate surface area is 124 Å². The van der Waals surface area contributed by atoms with Gasteiger partial charge in [-0.15, -0.1) is 11.8 Å². The van der Waals surface area contributed by atoms with Crippen molar-refractivity contribution in [2.24, 2.45) is 5.73 Å². The van der Waals surface area contributed by atoms with Crippen molar-refractivity contribution in [1.29, 1.82) is 0 Å². The summed E-state index contributed by atoms with van der Waals surface area (Å²) in [7, 11) is 0. The predicted octanol–water partition coefficient (Wildman–Crippen LogP) is 3.07. The highest BCUT2D eigenvalue weighted by Crippen LogP contribution is 2.24. The number of benzene rings is 1. The van der Waals surface area contributed by atoms with Gasteiger partial charge in [-0.25, -0.2) is 0 Å². The molecule has 0 aliphatic rings. The van der Waals surface area contributed by atoms with E-state index in [1.165, 1.54) is 0 Å². The molecule has 0 aliphatic carbocycles. The third-order valence-corrected chi connectivity index (χ3v) is 4.21. The minimum atomic E-state index is -0.637. The minimum absolute atomic E-state index is 0.298. The van der Waals surface area contributed by atoms with Crippen molar-refractivity contribution in [2.45, 2.75) is 37.1 Å². The van der Waals surface area contributed by atoms with Crippen molar-refractivity contribution in [3.63, 3.8) is 0 Å². The van der Waals surface area contributed by atoms with Crippen LogP contribution in [0.3, 0.4) is 0 Å². The topological polar surface area (TPSA) is 55.1 Å². The van der Waals surface area contributed by atoms with Crippen molar-refractivity contribution in [2.75, 3.05) is 12.3 Å². The van der Waals surface area contributed by atoms with Gasteiger partial charge in [0.2, 0.25) is 5.91 Å². The van der Waals surface area contributed by atoms with E-state index in [1.807, 2.05) is 31.2 Å². The number of amides is 1. The van der Waals surface area contributed by atoms with Crippen LogP contribution < -0.4 is 11.1 Å². The SMILES string of the molecule is CCCNC(C)(CCSc1cccc(Cl)c1)C(N)=O. The van der Waals surface area contributed by atoms with Crippen LogP contribution in [0.15, 0.2) is 29.2 Å². The van der Waals surface area contributed by atoms with Gasteiger partial charge in [-0.1, -0.05) is 24.6 Å². The number of thioether (sulfide) groups is 1. The molecule has 1 amide bonds. The molecule has 0 spiro atoms. The zero-order valence-electron chi connectivity index (χ0n) is 11.4. The molecule has 0 heterocycles. The zero-order valence-corrected chi connectivity index (χ0v) is 13.0. The Morgan fingerprint density at radius 3 is 2.84 bits per heavy atom. The first-order chi connectivity index (χ1) is 8.98. The van der Waals surface area contributed by atoms with Crippen molar-refractivity contribution in [3.8, 4) is 0 Å². The lowest BCUT2D eigenvalue weighted by atomic mass is 9.98. The van der Waals surface area contributed by atoms with Gasteiger partial charge in [-0.2, -0.15) is 0 Å². The van der Waals surface area contributed by atoms with Gasteiger partial charge in [0.1, 0.15) is 0 Å². The number of hydrogen-bond donors (Lipinski definition) is 2. The second kappa shape index (κ2) is 7.78. The predicted molar refractivity (Wildman–Crippen MR) is 82.7 cm³/mol. The van der Waals surface area contributed by atoms with Crippen LogP contribution in [0.1, 0.15) is 26.7 Å². The molecule has 1 atom stereocenters. The van der Waals surface area contributed by atoms with Crippen molar-refractivity contribution in [1.82, 2.24) is 5.32 Å². The summed E-state index contributed by atoms with van der Waals surface area (Å²) in [5.41, 5.74) is 4.85. The van der Waals surface area contributed by atoms with Crippen molar-refractivity contribution in [3.05, 3.63) is 29.3 Å². The third-order valence-electron chi connectivity index (χ3n) is 2.98. The smallest absolute Gasteiger partial charge is 0.237 e. The first kappa shape index (κ1) is 16.3. The molecule has 3 N–H and O–H groups in total. The van der Waals surface area contributed by atoms with E-state index < -0.39 is 5.54 Å². The Morgan fingerprint density at radius 2 is 2.26 bits per heavy atom. The fourth-order valence-corrected chi connectivity index (χ4v) is 3.02. The van der Waals surface area contributed by atoms with Crippen LogP contribution in [0, 0.1) is 0 Å². The van der Waals surface area contributed by atoms with Crippen LogP contribution in [0.5, 0.6) is 0 Å². The number of hydrogen-bond acceptors (Lipinski definition) is 3. The molecule has 19 heavy (non-hydrogen) atoms. The van der Waals surface area contributed by atoms with Gasteiger partial charge < -0.3 is 11.1 Å². The molecule has 0 radical (unpaired) electrons. The summed E-state index contributed by atoms with van der Waals surface area (Å²) < 4.78 is 0. The number of rotatable bonds is 8. The summed E-state index contributed by atoms with van der Waals surface area (Å²) in [5, 5.41) is 3.96. The van der Waals surface area contributed by atoms with Crippen molar-refractivity contribution >= 4 is 29.3 Å². The average Bonchev–Trinajstić information content (AvgIpc) is 2.36. The maximum atomic E-state index is 11.6. The molecule has 1 aromatic rings. The Bertz CT molecular complexity index is 428. The molecule has 0 aliphatic heterocycles. The van der Waals surface area contributed by atoms with Crippen LogP contribution in [0.25, 0.3) is 0 Å². The highest BCUT2D eigenvalue weighted by molar-refractivity contribution is 7.99. The summed E-state index contributed by atoms with van der Waals surface area (Å²) in [4.78, 5) is 12.7. The van der Waals surface area contributed by atoms with E-state index in [2.05, 4.69) is 12.2 Å². The summed E-state index contributed by atoms with van der Waals surface area (Å²) in [6, 6.07) is 7.71. The molecule has 0 aromatic heterocycles. The molecule has 1 unspecified atom stereocenters. The number of carbonyl (C=O) groups excluding carboxylic acids is 1. The Balaban J connectivity index is 2.50. The molecule has 3 nitrogen and oxygen atoms in total. The largest absolute Gasteiger partial charge is 0.368 e. The summed E-state index contributed by atoms with van der Waals surface area (Å²) in [6.45, 7) is 4.72. The van der Waals surface area contributed by atoms with Gasteiger partial charge in [0.15, 0.2) is 0 Å². The molecule has 1 rings (SSSR count). The lowest BCUT2D eigenvalue weighted by Crippen LogP contribution is -2.53. The average molecular weight is 301 g/mol. The Morgan fingerprint density at radius 1 is 1.53 bits per heavy atom. The van der Waals surface area contributed by atoms with Crippen LogP contribution >= 0.6 is 23.4 Å². The maximum absolute atomic E-state index is 11.6. The lowest BCUT2D eigenvalue weighted by Gasteiger charge is -2.27. The highest BCUT2D eigenvalue weighted by Gasteiger charge is 2.29. The first-order valence-corrected chi connectivity index (χ1v) is 7.77. The number of halogens is 1. The van der Waals surface area contributed by atoms with E-state index in [9.17, 15) is 4.79 Å². The van der Waals surface area contributed by atoms with Gasteiger partial charge in [-0.05, 0) is 44.5 Å². The van der Waals surface area contributed by atoms with E-state index in [0.29, 0.717) is 6.42 Å². The lowest BCUT2D eigenvalue weighted by molar-refractivity contribution is -0.123. The van der Waals surface area contributed by atoms with Crippen LogP contribution in [0.4, 0.5) is 0 Å². The number of primary amides is 1. The summed E-state index contributed by atoms with van der Waals surface area (Å²) in [6.07, 6.45) is 1.67. The van der Waals surface area contributed by atoms with Crippen molar-refractivity contribution < 1.29 is 4.79 Å². The van der Waals surface area contributed by atoms with Gasteiger partial charge in [0.25, 0.3) is 0 Å². The van der Waals surface area contributed by atoms with Gasteiger partial charge in [-0.3, -0.25) is 4.79 Å². The van der Waals surface area contributed by atoms with E-state index >= 15 is 0 Å². The third kappa shape index (κ3) is 5.43. The zero-order chi connectivity index (χ0) is 14.3. The molecular weight excluding hydrogens is 280 g/mol. The Kier molecular flexibility index (Phi) is 6.69. The van der Waals surface area contributed by atoms with Crippen LogP contribution in [0.2, 0.25) is 5.02 Å². The molecule has 0 saturated heterocycles. The standard InChI is InChI=1S/C14H21ClN2OS/c1-3-8-17-14(2,13(16)18)7-9-19-12-6-4-5-11(15)10-12/h4-6,10,17H,3,7-9H2,1-2H3,(H2,16,18). The first-order valence-electron chi connectivity index (χ1n) is 6.41. The Hall–Kier alpha value is -0.710. The number of carbonyl (C=O) groups is 1. The molecular formula is C14H21ClN2OS. The van der Waals surface area contributed by atoms with E-state index in [-0.39, 0.29) is 5.91 Å². The van der Waals surface area contributed by atoms with E-state index in [4.69, 9.17) is 17.3 Å². The maximum Gasteiger partial charge on any atom is 0.237 e. The molecule has 1 aromatic carbocycles. The molecule has 0 saturated carbocycles. The number of nitrogens with one attached hydrogen (secondary N) is 1. The van der Waals surface area contributed by atoms with Crippen LogP contribution in [-0.4, -0.2) is 23.7 Å². The summed E-state index contributed by atoms with van der Waals surface area (Å²) in [5.74, 6) is 0.517. The van der Waals surface area contributed by atoms with E-state index in [1.54, 1.807) is 11.8 Å². The van der Waals surface area contributed by atoms with Gasteiger partial charge in [0, 0.05) is 15.7 Å². The monoisotopic (exact) mass is 300 g/mol. The molecule has 106 valence electrons. The number of nitrogens with two attached hydrogens (primary N) is 1. The van der Waals surface area contributed by atoms with Crippen LogP contribution in [-0.2, 0) is 4.79 Å². The highest BCUT2D eigenvalue weighted by atomic mass is 35.5. The quantitative estimate of drug-likeness (QED) is 0.726.